The number of benzene rings is 1. The molecule has 0 radical (unpaired) electrons. The first kappa shape index (κ1) is 18.2. The molecule has 1 aromatic carbocycles. The van der Waals surface area contributed by atoms with Crippen molar-refractivity contribution >= 4 is 42.9 Å². The maximum atomic E-state index is 13.2. The number of carbonyl (C=O) groups excluding carboxylic acids is 2. The molecule has 1 amide bonds. The maximum Gasteiger partial charge on any atom is 0.340 e. The lowest BCUT2D eigenvalue weighted by Crippen LogP contribution is -2.34. The second-order valence-electron chi connectivity index (χ2n) is 4.61. The minimum Gasteiger partial charge on any atom is -0.462 e. The summed E-state index contributed by atoms with van der Waals surface area (Å²) < 4.78 is 21.1. The fourth-order valence-electron chi connectivity index (χ4n) is 1.82. The van der Waals surface area contributed by atoms with Crippen LogP contribution in [0.4, 0.5) is 0 Å². The lowest BCUT2D eigenvalue weighted by Gasteiger charge is -2.13. The number of nitrogens with zero attached hydrogens (tertiary/aromatic N) is 1. The summed E-state index contributed by atoms with van der Waals surface area (Å²) in [4.78, 5) is 28.4. The minimum atomic E-state index is -3.29. The Labute approximate surface area is 148 Å². The molecule has 126 valence electrons. The van der Waals surface area contributed by atoms with Gasteiger partial charge in [0.2, 0.25) is 0 Å². The van der Waals surface area contributed by atoms with Gasteiger partial charge in [0.1, 0.15) is 0 Å². The first-order valence-electron chi connectivity index (χ1n) is 6.98. The van der Waals surface area contributed by atoms with Crippen molar-refractivity contribution in [1.29, 1.82) is 0 Å². The zero-order chi connectivity index (χ0) is 17.6. The summed E-state index contributed by atoms with van der Waals surface area (Å²) in [6, 6.07) is 9.75. The minimum absolute atomic E-state index is 0.142. The fraction of sp³-hybridized carbons (Fsp3) is 0.125. The predicted octanol–water partition coefficient (Wildman–Crippen LogP) is 2.20. The van der Waals surface area contributed by atoms with E-state index < -0.39 is 21.6 Å². The molecule has 0 aliphatic rings. The molecule has 1 atom stereocenters. The van der Waals surface area contributed by atoms with Crippen LogP contribution in [0.5, 0.6) is 0 Å². The van der Waals surface area contributed by atoms with Crippen LogP contribution in [-0.4, -0.2) is 33.0 Å². The Morgan fingerprint density at radius 2 is 2.00 bits per heavy atom. The molecule has 0 aliphatic carbocycles. The summed E-state index contributed by atoms with van der Waals surface area (Å²) in [5, 5.41) is 0.898. The molecular weight excluding hydrogens is 396 g/mol. The summed E-state index contributed by atoms with van der Waals surface area (Å²) in [5.74, 6) is -1.38. The second-order valence-corrected chi connectivity index (χ2v) is 7.63. The third-order valence-electron chi connectivity index (χ3n) is 2.85. The number of aromatic nitrogens is 1. The van der Waals surface area contributed by atoms with E-state index in [4.69, 9.17) is 4.74 Å². The van der Waals surface area contributed by atoms with Crippen LogP contribution in [0.15, 0.2) is 58.2 Å². The van der Waals surface area contributed by atoms with E-state index in [0.717, 1.165) is 5.37 Å². The molecule has 1 aromatic heterocycles. The topological polar surface area (TPSA) is 85.4 Å². The molecule has 0 saturated heterocycles. The number of carbonyl (C=O) groups is 2. The van der Waals surface area contributed by atoms with Gasteiger partial charge in [-0.25, -0.2) is 9.00 Å². The monoisotopic (exact) mass is 410 g/mol. The standard InChI is InChI=1S/C16H15BrN2O4S/c1-2-23-15(20)11-24(22,14-6-4-3-5-7-14)19-16(21)12-8-13(17)10-18-9-12/h3-11H,2H2,1H3,(H,19,21,22). The Bertz CT molecular complexity index is 861. The van der Waals surface area contributed by atoms with Crippen molar-refractivity contribution in [3.8, 4) is 0 Å². The summed E-state index contributed by atoms with van der Waals surface area (Å²) >= 11 is 3.22. The fourth-order valence-corrected chi connectivity index (χ4v) is 3.80. The van der Waals surface area contributed by atoms with Crippen LogP contribution in [0.3, 0.4) is 0 Å². The van der Waals surface area contributed by atoms with Gasteiger partial charge in [-0.1, -0.05) is 18.2 Å². The normalized spacial score (nSPS) is 12.8. The molecule has 2 rings (SSSR count). The molecule has 24 heavy (non-hydrogen) atoms. The van der Waals surface area contributed by atoms with Gasteiger partial charge in [0.25, 0.3) is 5.91 Å². The van der Waals surface area contributed by atoms with Crippen LogP contribution in [0, 0.1) is 0 Å². The third kappa shape index (κ3) is 4.65. The molecule has 0 saturated carbocycles. The Kier molecular flexibility index (Phi) is 6.10. The highest BCUT2D eigenvalue weighted by molar-refractivity contribution is 9.10. The summed E-state index contributed by atoms with van der Waals surface area (Å²) in [5.41, 5.74) is 0.213. The van der Waals surface area contributed by atoms with Gasteiger partial charge in [-0.15, -0.1) is 0 Å². The lowest BCUT2D eigenvalue weighted by molar-refractivity contribution is -0.134. The van der Waals surface area contributed by atoms with Crippen molar-refractivity contribution < 1.29 is 18.5 Å². The van der Waals surface area contributed by atoms with Crippen molar-refractivity contribution in [3.05, 3.63) is 58.8 Å². The molecular formula is C16H15BrN2O4S. The van der Waals surface area contributed by atoms with Gasteiger partial charge >= 0.3 is 5.97 Å². The molecule has 0 bridgehead atoms. The average molecular weight is 411 g/mol. The summed E-state index contributed by atoms with van der Waals surface area (Å²) in [6.45, 7) is 1.78. The van der Waals surface area contributed by atoms with Gasteiger partial charge in [0.05, 0.1) is 32.1 Å². The number of nitrogens with one attached hydrogen (secondary N) is 1. The smallest absolute Gasteiger partial charge is 0.340 e. The van der Waals surface area contributed by atoms with E-state index in [-0.39, 0.29) is 12.2 Å². The first-order chi connectivity index (χ1) is 11.4. The Balaban J connectivity index is 2.42. The van der Waals surface area contributed by atoms with Gasteiger partial charge < -0.3 is 4.74 Å². The molecule has 0 spiro atoms. The maximum absolute atomic E-state index is 13.2. The number of hydrogen-bond donors (Lipinski definition) is 1. The van der Waals surface area contributed by atoms with Gasteiger partial charge in [-0.2, -0.15) is 0 Å². The first-order valence-corrected chi connectivity index (χ1v) is 9.39. The zero-order valence-corrected chi connectivity index (χ0v) is 15.2. The second kappa shape index (κ2) is 8.07. The lowest BCUT2D eigenvalue weighted by atomic mass is 10.3. The Morgan fingerprint density at radius 1 is 1.29 bits per heavy atom. The number of rotatable bonds is 5. The van der Waals surface area contributed by atoms with Crippen LogP contribution < -0.4 is 4.72 Å². The van der Waals surface area contributed by atoms with Crippen molar-refractivity contribution in [2.24, 2.45) is 0 Å². The van der Waals surface area contributed by atoms with E-state index >= 15 is 0 Å². The largest absolute Gasteiger partial charge is 0.462 e. The highest BCUT2D eigenvalue weighted by atomic mass is 79.9. The molecule has 1 heterocycles. The molecule has 2 aromatic rings. The number of esters is 1. The van der Waals surface area contributed by atoms with Gasteiger partial charge in [0, 0.05) is 16.9 Å². The van der Waals surface area contributed by atoms with Crippen molar-refractivity contribution in [3.63, 3.8) is 0 Å². The van der Waals surface area contributed by atoms with Crippen molar-refractivity contribution in [2.45, 2.75) is 11.8 Å². The van der Waals surface area contributed by atoms with Gasteiger partial charge in [-0.3, -0.25) is 14.5 Å². The quantitative estimate of drug-likeness (QED) is 0.602. The molecule has 0 aliphatic heterocycles. The van der Waals surface area contributed by atoms with E-state index in [1.54, 1.807) is 37.3 Å². The van der Waals surface area contributed by atoms with E-state index in [0.29, 0.717) is 9.37 Å². The Morgan fingerprint density at radius 3 is 2.62 bits per heavy atom. The van der Waals surface area contributed by atoms with Crippen LogP contribution in [0.2, 0.25) is 0 Å². The van der Waals surface area contributed by atoms with Crippen molar-refractivity contribution in [2.75, 3.05) is 6.61 Å². The van der Waals surface area contributed by atoms with Crippen LogP contribution in [0.1, 0.15) is 17.3 Å². The zero-order valence-electron chi connectivity index (χ0n) is 12.8. The summed E-state index contributed by atoms with van der Waals surface area (Å²) in [7, 11) is -3.29. The van der Waals surface area contributed by atoms with Gasteiger partial charge in [0.15, 0.2) is 0 Å². The molecule has 6 nitrogen and oxygen atoms in total. The number of halogens is 1. The van der Waals surface area contributed by atoms with Crippen LogP contribution >= 0.6 is 15.9 Å². The van der Waals surface area contributed by atoms with E-state index in [9.17, 15) is 13.8 Å². The average Bonchev–Trinajstić information content (AvgIpc) is 2.55. The number of ether oxygens (including phenoxy) is 1. The molecule has 1 unspecified atom stereocenters. The SMILES string of the molecule is CCOC(=O)C=S(=O)(NC(=O)c1cncc(Br)c1)c1ccccc1. The molecule has 1 N–H and O–H groups in total. The van der Waals surface area contributed by atoms with Gasteiger partial charge in [-0.05, 0) is 41.1 Å². The molecule has 8 heteroatoms. The summed E-state index contributed by atoms with van der Waals surface area (Å²) in [6.07, 6.45) is 2.87. The highest BCUT2D eigenvalue weighted by Gasteiger charge is 2.18. The number of amides is 1. The highest BCUT2D eigenvalue weighted by Crippen LogP contribution is 2.13. The number of hydrogen-bond acceptors (Lipinski definition) is 5. The molecule has 0 fully saturated rings. The predicted molar refractivity (Wildman–Crippen MR) is 95.0 cm³/mol. The van der Waals surface area contributed by atoms with E-state index in [1.807, 2.05) is 0 Å². The van der Waals surface area contributed by atoms with Crippen molar-refractivity contribution in [1.82, 2.24) is 9.71 Å². The van der Waals surface area contributed by atoms with E-state index in [1.165, 1.54) is 18.5 Å². The van der Waals surface area contributed by atoms with E-state index in [2.05, 4.69) is 25.6 Å². The van der Waals surface area contributed by atoms with Crippen LogP contribution in [-0.2, 0) is 19.2 Å². The third-order valence-corrected chi connectivity index (χ3v) is 5.27. The van der Waals surface area contributed by atoms with Crippen LogP contribution in [0.25, 0.3) is 0 Å². The Hall–Kier alpha value is -2.19. The number of pyridine rings is 1.